The van der Waals surface area contributed by atoms with Crippen molar-refractivity contribution in [2.75, 3.05) is 38.1 Å². The number of nitrogens with zero attached hydrogens (tertiary/aromatic N) is 7. The summed E-state index contributed by atoms with van der Waals surface area (Å²) in [5.41, 5.74) is 3.64. The Labute approximate surface area is 191 Å². The summed E-state index contributed by atoms with van der Waals surface area (Å²) in [6, 6.07) is 12.4. The normalized spacial score (nSPS) is 14.9. The second kappa shape index (κ2) is 8.60. The maximum atomic E-state index is 14.5. The Morgan fingerprint density at radius 1 is 0.970 bits per heavy atom. The predicted molar refractivity (Wildman–Crippen MR) is 126 cm³/mol. The van der Waals surface area contributed by atoms with Crippen molar-refractivity contribution < 1.29 is 4.39 Å². The lowest BCUT2D eigenvalue weighted by atomic mass is 10.0. The van der Waals surface area contributed by atoms with Gasteiger partial charge in [0.05, 0.1) is 28.7 Å². The molecule has 0 spiro atoms. The van der Waals surface area contributed by atoms with Crippen molar-refractivity contribution in [3.8, 4) is 28.6 Å². The highest BCUT2D eigenvalue weighted by molar-refractivity contribution is 5.87. The summed E-state index contributed by atoms with van der Waals surface area (Å²) >= 11 is 0. The lowest BCUT2D eigenvalue weighted by Crippen LogP contribution is -2.29. The zero-order chi connectivity index (χ0) is 22.9. The van der Waals surface area contributed by atoms with E-state index in [0.717, 1.165) is 54.9 Å². The zero-order valence-corrected chi connectivity index (χ0v) is 18.7. The van der Waals surface area contributed by atoms with Crippen molar-refractivity contribution >= 4 is 16.7 Å². The van der Waals surface area contributed by atoms with E-state index in [0.29, 0.717) is 17.0 Å². The number of fused-ring (bicyclic) bond motifs is 1. The minimum absolute atomic E-state index is 0.0109. The van der Waals surface area contributed by atoms with Gasteiger partial charge in [-0.3, -0.25) is 9.67 Å². The van der Waals surface area contributed by atoms with Crippen LogP contribution in [-0.2, 0) is 7.05 Å². The van der Waals surface area contributed by atoms with E-state index in [1.165, 1.54) is 12.1 Å². The molecular weight excluding hydrogens is 417 g/mol. The molecule has 7 nitrogen and oxygen atoms in total. The van der Waals surface area contributed by atoms with Gasteiger partial charge in [0, 0.05) is 49.4 Å². The molecule has 0 amide bonds. The van der Waals surface area contributed by atoms with Crippen LogP contribution in [-0.4, -0.2) is 57.9 Å². The van der Waals surface area contributed by atoms with Crippen LogP contribution in [0.4, 0.5) is 10.2 Å². The Kier molecular flexibility index (Phi) is 5.48. The van der Waals surface area contributed by atoms with Gasteiger partial charge < -0.3 is 9.80 Å². The van der Waals surface area contributed by atoms with Gasteiger partial charge in [-0.1, -0.05) is 12.1 Å². The van der Waals surface area contributed by atoms with Crippen LogP contribution in [0.5, 0.6) is 0 Å². The molecule has 0 atom stereocenters. The van der Waals surface area contributed by atoms with E-state index in [2.05, 4.69) is 21.9 Å². The topological polar surface area (TPSA) is 73.9 Å². The van der Waals surface area contributed by atoms with Crippen molar-refractivity contribution in [2.45, 2.75) is 6.42 Å². The number of likely N-dealkylation sites (N-methyl/N-ethyl adjacent to an activating group) is 1. The number of anilines is 1. The molecule has 1 aliphatic rings. The summed E-state index contributed by atoms with van der Waals surface area (Å²) in [7, 11) is 4.01. The molecule has 0 bridgehead atoms. The quantitative estimate of drug-likeness (QED) is 0.481. The number of aromatic nitrogens is 4. The molecule has 4 aromatic rings. The third-order valence-corrected chi connectivity index (χ3v) is 6.06. The van der Waals surface area contributed by atoms with Crippen LogP contribution >= 0.6 is 0 Å². The molecule has 0 unspecified atom stereocenters. The summed E-state index contributed by atoms with van der Waals surface area (Å²) in [5, 5.41) is 14.6. The molecule has 1 fully saturated rings. The van der Waals surface area contributed by atoms with Gasteiger partial charge in [-0.2, -0.15) is 10.4 Å². The highest BCUT2D eigenvalue weighted by Crippen LogP contribution is 2.33. The molecule has 33 heavy (non-hydrogen) atoms. The highest BCUT2D eigenvalue weighted by atomic mass is 19.1. The Balaban J connectivity index is 1.64. The number of nitriles is 1. The lowest BCUT2D eigenvalue weighted by Gasteiger charge is -2.22. The number of hydrogen-bond acceptors (Lipinski definition) is 6. The van der Waals surface area contributed by atoms with Crippen molar-refractivity contribution in [3.05, 3.63) is 60.2 Å². The molecule has 5 rings (SSSR count). The fourth-order valence-corrected chi connectivity index (χ4v) is 4.27. The fraction of sp³-hybridized carbons (Fsp3) is 0.280. The third-order valence-electron chi connectivity index (χ3n) is 6.06. The summed E-state index contributed by atoms with van der Waals surface area (Å²) in [4.78, 5) is 14.3. The molecule has 2 aromatic carbocycles. The van der Waals surface area contributed by atoms with Crippen LogP contribution < -0.4 is 4.90 Å². The van der Waals surface area contributed by atoms with Crippen LogP contribution in [0.1, 0.15) is 12.0 Å². The van der Waals surface area contributed by atoms with Crippen molar-refractivity contribution in [1.82, 2.24) is 24.6 Å². The van der Waals surface area contributed by atoms with E-state index < -0.39 is 5.82 Å². The first-order valence-corrected chi connectivity index (χ1v) is 11.0. The van der Waals surface area contributed by atoms with E-state index in [1.54, 1.807) is 16.9 Å². The number of halogens is 1. The molecule has 0 saturated carbocycles. The van der Waals surface area contributed by atoms with Crippen molar-refractivity contribution in [2.24, 2.45) is 7.05 Å². The maximum absolute atomic E-state index is 14.5. The molecule has 3 heterocycles. The first-order valence-electron chi connectivity index (χ1n) is 11.0. The standard InChI is InChI=1S/C25H24FN7/c1-31-8-3-9-33(11-10-31)23-15-28-24(17-6-7-22-20(12-17)16-32(2)30-22)25(29-23)18-4-5-19(14-27)21(26)13-18/h4-7,12-13,15-16H,3,8-11H2,1-2H3. The third kappa shape index (κ3) is 4.15. The average Bonchev–Trinajstić information content (AvgIpc) is 3.05. The monoisotopic (exact) mass is 441 g/mol. The van der Waals surface area contributed by atoms with Crippen molar-refractivity contribution in [1.29, 1.82) is 5.26 Å². The fourth-order valence-electron chi connectivity index (χ4n) is 4.27. The van der Waals surface area contributed by atoms with Crippen LogP contribution in [0.3, 0.4) is 0 Å². The summed E-state index contributed by atoms with van der Waals surface area (Å²) in [6.07, 6.45) is 4.80. The Hall–Kier alpha value is -3.83. The lowest BCUT2D eigenvalue weighted by molar-refractivity contribution is 0.360. The van der Waals surface area contributed by atoms with Gasteiger partial charge in [-0.25, -0.2) is 9.37 Å². The second-order valence-corrected chi connectivity index (χ2v) is 8.45. The highest BCUT2D eigenvalue weighted by Gasteiger charge is 2.19. The molecule has 8 heteroatoms. The van der Waals surface area contributed by atoms with E-state index in [-0.39, 0.29) is 5.56 Å². The number of hydrogen-bond donors (Lipinski definition) is 0. The summed E-state index contributed by atoms with van der Waals surface area (Å²) < 4.78 is 16.3. The van der Waals surface area contributed by atoms with Crippen molar-refractivity contribution in [3.63, 3.8) is 0 Å². The Bertz CT molecular complexity index is 1370. The maximum Gasteiger partial charge on any atom is 0.147 e. The van der Waals surface area contributed by atoms with E-state index >= 15 is 0 Å². The zero-order valence-electron chi connectivity index (χ0n) is 18.7. The summed E-state index contributed by atoms with van der Waals surface area (Å²) in [6.45, 7) is 3.73. The Morgan fingerprint density at radius 2 is 1.79 bits per heavy atom. The molecular formula is C25H24FN7. The molecule has 166 valence electrons. The van der Waals surface area contributed by atoms with Gasteiger partial charge in [-0.15, -0.1) is 0 Å². The minimum atomic E-state index is -0.563. The van der Waals surface area contributed by atoms with E-state index in [1.807, 2.05) is 37.5 Å². The second-order valence-electron chi connectivity index (χ2n) is 8.45. The van der Waals surface area contributed by atoms with Crippen LogP contribution in [0.2, 0.25) is 0 Å². The molecule has 1 aliphatic heterocycles. The number of aryl methyl sites for hydroxylation is 1. The SMILES string of the molecule is CN1CCCN(c2cnc(-c3ccc4nn(C)cc4c3)c(-c3ccc(C#N)c(F)c3)n2)CC1. The van der Waals surface area contributed by atoms with Crippen LogP contribution in [0, 0.1) is 17.1 Å². The van der Waals surface area contributed by atoms with Gasteiger partial charge in [0.1, 0.15) is 17.7 Å². The number of benzene rings is 2. The van der Waals surface area contributed by atoms with Gasteiger partial charge in [0.15, 0.2) is 0 Å². The van der Waals surface area contributed by atoms with Crippen LogP contribution in [0.15, 0.2) is 48.8 Å². The first kappa shape index (κ1) is 21.0. The first-order chi connectivity index (χ1) is 16.0. The average molecular weight is 442 g/mol. The van der Waals surface area contributed by atoms with E-state index in [9.17, 15) is 4.39 Å². The van der Waals surface area contributed by atoms with Gasteiger partial charge in [0.2, 0.25) is 0 Å². The molecule has 0 radical (unpaired) electrons. The molecule has 0 aliphatic carbocycles. The number of rotatable bonds is 3. The van der Waals surface area contributed by atoms with Crippen LogP contribution in [0.25, 0.3) is 33.4 Å². The summed E-state index contributed by atoms with van der Waals surface area (Å²) in [5.74, 6) is 0.212. The smallest absolute Gasteiger partial charge is 0.147 e. The minimum Gasteiger partial charge on any atom is -0.354 e. The molecule has 2 aromatic heterocycles. The van der Waals surface area contributed by atoms with Gasteiger partial charge in [-0.05, 0) is 44.3 Å². The van der Waals surface area contributed by atoms with Gasteiger partial charge in [0.25, 0.3) is 0 Å². The molecule has 0 N–H and O–H groups in total. The van der Waals surface area contributed by atoms with E-state index in [4.69, 9.17) is 15.2 Å². The van der Waals surface area contributed by atoms with Gasteiger partial charge >= 0.3 is 0 Å². The Morgan fingerprint density at radius 3 is 2.61 bits per heavy atom. The predicted octanol–water partition coefficient (Wildman–Crippen LogP) is 3.85. The molecule has 1 saturated heterocycles. The largest absolute Gasteiger partial charge is 0.354 e.